The molecular weight excluding hydrogens is 469 g/mol. The van der Waals surface area contributed by atoms with Crippen LogP contribution in [0.2, 0.25) is 0 Å². The molecule has 1 amide bonds. The number of halogens is 7. The van der Waals surface area contributed by atoms with E-state index in [-0.39, 0.29) is 49.3 Å². The molecule has 4 nitrogen and oxygen atoms in total. The van der Waals surface area contributed by atoms with Gasteiger partial charge < -0.3 is 10.2 Å². The predicted octanol–water partition coefficient (Wildman–Crippen LogP) is 4.38. The number of hydrogen-bond donors (Lipinski definition) is 1. The lowest BCUT2D eigenvalue weighted by Gasteiger charge is -2.31. The van der Waals surface area contributed by atoms with Crippen molar-refractivity contribution in [1.29, 1.82) is 0 Å². The van der Waals surface area contributed by atoms with Gasteiger partial charge in [0.1, 0.15) is 11.9 Å². The number of fused-ring (bicyclic) bond motifs is 1. The minimum Gasteiger partial charge on any atom is -0.319 e. The normalized spacial score (nSPS) is 22.7. The van der Waals surface area contributed by atoms with Crippen molar-refractivity contribution in [2.45, 2.75) is 43.7 Å². The molecule has 0 spiro atoms. The van der Waals surface area contributed by atoms with E-state index >= 15 is 0 Å². The number of piperidine rings is 1. The summed E-state index contributed by atoms with van der Waals surface area (Å²) in [6.07, 6.45) is -10.1. The Labute approximate surface area is 189 Å². The van der Waals surface area contributed by atoms with Gasteiger partial charge in [-0.15, -0.1) is 0 Å². The lowest BCUT2D eigenvalue weighted by Crippen LogP contribution is -2.53. The van der Waals surface area contributed by atoms with Crippen molar-refractivity contribution in [3.63, 3.8) is 0 Å². The number of hydrogen-bond acceptors (Lipinski definition) is 3. The largest absolute Gasteiger partial charge is 0.416 e. The van der Waals surface area contributed by atoms with Gasteiger partial charge in [0.15, 0.2) is 11.3 Å². The summed E-state index contributed by atoms with van der Waals surface area (Å²) >= 11 is 0. The van der Waals surface area contributed by atoms with E-state index in [4.69, 9.17) is 0 Å². The molecule has 182 valence electrons. The zero-order chi connectivity index (χ0) is 25.1. The molecule has 0 bridgehead atoms. The molecule has 2 atom stereocenters. The zero-order valence-electron chi connectivity index (χ0n) is 17.8. The predicted molar refractivity (Wildman–Crippen MR) is 106 cm³/mol. The number of nitrogens with one attached hydrogen (secondary N) is 1. The summed E-state index contributed by atoms with van der Waals surface area (Å²) in [6.45, 7) is 1.61. The molecule has 2 aromatic carbocycles. The number of amides is 1. The molecule has 4 rings (SSSR count). The SMILES string of the molecule is Cc1cc(F)ccc1[C@@]12C(=O)N1CCC(=O)[C@@H]2NCCc1cc(C(F)(F)F)cc(C(F)(F)F)c1. The highest BCUT2D eigenvalue weighted by molar-refractivity contribution is 6.11. The molecule has 2 aromatic rings. The second-order valence-corrected chi connectivity index (χ2v) is 8.45. The second kappa shape index (κ2) is 8.07. The summed E-state index contributed by atoms with van der Waals surface area (Å²) in [5, 5.41) is 2.87. The van der Waals surface area contributed by atoms with Crippen LogP contribution in [0.3, 0.4) is 0 Å². The molecule has 1 N–H and O–H groups in total. The van der Waals surface area contributed by atoms with E-state index in [0.29, 0.717) is 23.3 Å². The highest BCUT2D eigenvalue weighted by Gasteiger charge is 2.71. The average molecular weight is 488 g/mol. The summed E-state index contributed by atoms with van der Waals surface area (Å²) in [6, 6.07) is 4.06. The molecule has 11 heteroatoms. The minimum absolute atomic E-state index is 0.0488. The van der Waals surface area contributed by atoms with E-state index in [1.165, 1.54) is 17.0 Å². The summed E-state index contributed by atoms with van der Waals surface area (Å²) in [5.41, 5.74) is -3.55. The number of rotatable bonds is 5. The number of alkyl halides is 6. The van der Waals surface area contributed by atoms with Crippen molar-refractivity contribution < 1.29 is 40.3 Å². The number of ketones is 1. The molecular formula is C23H19F7N2O2. The zero-order valence-corrected chi connectivity index (χ0v) is 17.8. The van der Waals surface area contributed by atoms with Gasteiger partial charge in [-0.05, 0) is 66.9 Å². The lowest BCUT2D eigenvalue weighted by atomic mass is 9.82. The van der Waals surface area contributed by atoms with Crippen LogP contribution in [0, 0.1) is 12.7 Å². The highest BCUT2D eigenvalue weighted by atomic mass is 19.4. The fraction of sp³-hybridized carbons (Fsp3) is 0.391. The van der Waals surface area contributed by atoms with E-state index in [2.05, 4.69) is 5.32 Å². The summed E-state index contributed by atoms with van der Waals surface area (Å²) in [5.74, 6) is -1.18. The van der Waals surface area contributed by atoms with Gasteiger partial charge in [-0.3, -0.25) is 9.59 Å². The first-order valence-corrected chi connectivity index (χ1v) is 10.4. The van der Waals surface area contributed by atoms with Crippen molar-refractivity contribution in [2.75, 3.05) is 13.1 Å². The first-order valence-electron chi connectivity index (χ1n) is 10.4. The van der Waals surface area contributed by atoms with Gasteiger partial charge in [-0.2, -0.15) is 26.3 Å². The summed E-state index contributed by atoms with van der Waals surface area (Å²) in [4.78, 5) is 27.0. The van der Waals surface area contributed by atoms with Gasteiger partial charge >= 0.3 is 12.4 Å². The Morgan fingerprint density at radius 2 is 1.62 bits per heavy atom. The molecule has 0 aromatic heterocycles. The van der Waals surface area contributed by atoms with Gasteiger partial charge in [0.25, 0.3) is 5.91 Å². The Hall–Kier alpha value is -2.95. The van der Waals surface area contributed by atoms with Crippen LogP contribution in [0.4, 0.5) is 30.7 Å². The van der Waals surface area contributed by atoms with E-state index < -0.39 is 40.9 Å². The molecule has 2 aliphatic heterocycles. The molecule has 0 radical (unpaired) electrons. The molecule has 0 saturated carbocycles. The van der Waals surface area contributed by atoms with Crippen molar-refractivity contribution in [1.82, 2.24) is 10.2 Å². The minimum atomic E-state index is -4.96. The van der Waals surface area contributed by atoms with Crippen LogP contribution in [0.1, 0.15) is 34.2 Å². The summed E-state index contributed by atoms with van der Waals surface area (Å²) in [7, 11) is 0. The van der Waals surface area contributed by atoms with Crippen molar-refractivity contribution in [3.05, 3.63) is 70.0 Å². The van der Waals surface area contributed by atoms with E-state index in [0.717, 1.165) is 6.07 Å². The molecule has 0 aliphatic carbocycles. The number of carbonyl (C=O) groups is 2. The maximum Gasteiger partial charge on any atom is 0.416 e. The summed E-state index contributed by atoms with van der Waals surface area (Å²) < 4.78 is 92.2. The van der Waals surface area contributed by atoms with Gasteiger partial charge in [0, 0.05) is 13.0 Å². The molecule has 2 saturated heterocycles. The third-order valence-electron chi connectivity index (χ3n) is 6.28. The average Bonchev–Trinajstić information content (AvgIpc) is 3.32. The van der Waals surface area contributed by atoms with Crippen LogP contribution in [0.15, 0.2) is 36.4 Å². The van der Waals surface area contributed by atoms with E-state index in [1.807, 2.05) is 0 Å². The maximum atomic E-state index is 13.6. The van der Waals surface area contributed by atoms with Gasteiger partial charge in [0.05, 0.1) is 11.1 Å². The fourth-order valence-electron chi connectivity index (χ4n) is 4.70. The maximum absolute atomic E-state index is 13.6. The first kappa shape index (κ1) is 24.2. The third-order valence-corrected chi connectivity index (χ3v) is 6.28. The Morgan fingerprint density at radius 1 is 1.00 bits per heavy atom. The van der Waals surface area contributed by atoms with Crippen LogP contribution in [0.5, 0.6) is 0 Å². The number of nitrogens with zero attached hydrogens (tertiary/aromatic N) is 1. The molecule has 2 heterocycles. The van der Waals surface area contributed by atoms with Crippen LogP contribution in [0.25, 0.3) is 0 Å². The lowest BCUT2D eigenvalue weighted by molar-refractivity contribution is -0.143. The second-order valence-electron chi connectivity index (χ2n) is 8.45. The Balaban J connectivity index is 1.59. The van der Waals surface area contributed by atoms with E-state index in [9.17, 15) is 40.3 Å². The van der Waals surface area contributed by atoms with Gasteiger partial charge in [-0.25, -0.2) is 4.39 Å². The van der Waals surface area contributed by atoms with Gasteiger partial charge in [0.2, 0.25) is 0 Å². The Kier molecular flexibility index (Phi) is 5.74. The van der Waals surface area contributed by atoms with Gasteiger partial charge in [-0.1, -0.05) is 6.07 Å². The van der Waals surface area contributed by atoms with Crippen molar-refractivity contribution in [2.24, 2.45) is 0 Å². The standard InChI is InChI=1S/C23H19F7N2O2/c1-12-8-16(24)2-3-17(12)21-19(18(33)5-7-32(21)20(21)34)31-6-4-13-9-14(22(25,26)27)11-15(10-13)23(28,29)30/h2-3,8-11,19,31H,4-7H2,1H3/t19-,21+,32?/m0/s1. The number of aryl methyl sites for hydroxylation is 1. The molecule has 2 fully saturated rings. The topological polar surface area (TPSA) is 49.2 Å². The van der Waals surface area contributed by atoms with Crippen LogP contribution >= 0.6 is 0 Å². The van der Waals surface area contributed by atoms with Crippen LogP contribution < -0.4 is 5.32 Å². The third kappa shape index (κ3) is 4.06. The van der Waals surface area contributed by atoms with E-state index in [1.54, 1.807) is 6.92 Å². The van der Waals surface area contributed by atoms with Crippen LogP contribution in [-0.2, 0) is 33.9 Å². The van der Waals surface area contributed by atoms with Crippen LogP contribution in [-0.4, -0.2) is 35.7 Å². The van der Waals surface area contributed by atoms with Crippen molar-refractivity contribution in [3.8, 4) is 0 Å². The smallest absolute Gasteiger partial charge is 0.319 e. The fourth-order valence-corrected chi connectivity index (χ4v) is 4.70. The number of carbonyl (C=O) groups excluding carboxylic acids is 2. The Bertz CT molecular complexity index is 1130. The first-order chi connectivity index (χ1) is 15.8. The van der Waals surface area contributed by atoms with Crippen molar-refractivity contribution >= 4 is 11.7 Å². The monoisotopic (exact) mass is 488 g/mol. The molecule has 0 unspecified atom stereocenters. The highest BCUT2D eigenvalue weighted by Crippen LogP contribution is 2.51. The Morgan fingerprint density at radius 3 is 2.18 bits per heavy atom. The molecule has 34 heavy (non-hydrogen) atoms. The quantitative estimate of drug-likeness (QED) is 0.502. The number of Topliss-reactive ketones (excluding diaryl/α,β-unsaturated/α-hetero) is 1. The molecule has 2 aliphatic rings. The number of benzene rings is 2.